The van der Waals surface area contributed by atoms with Crippen LogP contribution in [0.15, 0.2) is 29.4 Å². The molecule has 126 valence electrons. The number of halogens is 3. The second-order valence-electron chi connectivity index (χ2n) is 5.04. The third-order valence-corrected chi connectivity index (χ3v) is 3.34. The number of nitrogens with zero attached hydrogens (tertiary/aromatic N) is 2. The van der Waals surface area contributed by atoms with E-state index in [0.29, 0.717) is 13.1 Å². The molecule has 0 amide bonds. The van der Waals surface area contributed by atoms with E-state index in [4.69, 9.17) is 4.74 Å². The molecule has 1 aromatic carbocycles. The molecule has 1 aromatic rings. The summed E-state index contributed by atoms with van der Waals surface area (Å²) in [5, 5.41) is 3.97. The zero-order valence-electron chi connectivity index (χ0n) is 12.7. The largest absolute Gasteiger partial charge is 0.460 e. The summed E-state index contributed by atoms with van der Waals surface area (Å²) in [6.45, 7) is 3.22. The van der Waals surface area contributed by atoms with Crippen LogP contribution >= 0.6 is 0 Å². The van der Waals surface area contributed by atoms with Gasteiger partial charge in [0.05, 0.1) is 17.9 Å². The van der Waals surface area contributed by atoms with Crippen LogP contribution in [0.5, 0.6) is 0 Å². The minimum Gasteiger partial charge on any atom is -0.460 e. The van der Waals surface area contributed by atoms with Crippen molar-refractivity contribution in [3.8, 4) is 0 Å². The topological polar surface area (TPSA) is 53.9 Å². The number of carbonyl (C=O) groups is 1. The molecule has 5 nitrogen and oxygen atoms in total. The molecule has 1 saturated heterocycles. The quantitative estimate of drug-likeness (QED) is 0.401. The zero-order valence-corrected chi connectivity index (χ0v) is 12.7. The molecule has 0 unspecified atom stereocenters. The number of benzene rings is 1. The first-order valence-corrected chi connectivity index (χ1v) is 7.35. The maximum Gasteiger partial charge on any atom is 0.416 e. The smallest absolute Gasteiger partial charge is 0.416 e. The summed E-state index contributed by atoms with van der Waals surface area (Å²) in [5.41, 5.74) is 1.89. The minimum atomic E-state index is -4.43. The van der Waals surface area contributed by atoms with Gasteiger partial charge in [-0.2, -0.15) is 13.2 Å². The second kappa shape index (κ2) is 7.34. The van der Waals surface area contributed by atoms with Crippen molar-refractivity contribution in [2.75, 3.05) is 25.1 Å². The summed E-state index contributed by atoms with van der Waals surface area (Å²) in [6, 6.07) is 4.64. The SMILES string of the molecule is CCOC(=O)/C(=N/Nc1cccc(C(F)(F)F)c1)N1CCCC1. The molecule has 0 atom stereocenters. The van der Waals surface area contributed by atoms with Crippen molar-refractivity contribution >= 4 is 17.5 Å². The highest BCUT2D eigenvalue weighted by Crippen LogP contribution is 2.30. The second-order valence-corrected chi connectivity index (χ2v) is 5.04. The summed E-state index contributed by atoms with van der Waals surface area (Å²) in [7, 11) is 0. The summed E-state index contributed by atoms with van der Waals surface area (Å²) >= 11 is 0. The van der Waals surface area contributed by atoms with Gasteiger partial charge in [-0.1, -0.05) is 6.07 Å². The molecule has 0 aromatic heterocycles. The van der Waals surface area contributed by atoms with Crippen molar-refractivity contribution in [3.05, 3.63) is 29.8 Å². The number of ether oxygens (including phenoxy) is 1. The maximum absolute atomic E-state index is 12.7. The number of hydrogen-bond donors (Lipinski definition) is 1. The third-order valence-electron chi connectivity index (χ3n) is 3.34. The monoisotopic (exact) mass is 329 g/mol. The normalized spacial score (nSPS) is 15.7. The number of anilines is 1. The molecule has 0 radical (unpaired) electrons. The van der Waals surface area contributed by atoms with E-state index in [1.165, 1.54) is 12.1 Å². The Morgan fingerprint density at radius 1 is 1.35 bits per heavy atom. The van der Waals surface area contributed by atoms with Crippen LogP contribution < -0.4 is 5.43 Å². The average Bonchev–Trinajstić information content (AvgIpc) is 3.01. The standard InChI is InChI=1S/C15H18F3N3O2/c1-2-23-14(22)13(21-8-3-4-9-21)20-19-12-7-5-6-11(10-12)15(16,17)18/h5-7,10,19H,2-4,8-9H2,1H3/b20-13-. The molecule has 1 fully saturated rings. The lowest BCUT2D eigenvalue weighted by Gasteiger charge is -2.18. The number of esters is 1. The Balaban J connectivity index is 2.18. The fourth-order valence-corrected chi connectivity index (χ4v) is 2.25. The van der Waals surface area contributed by atoms with Gasteiger partial charge in [0.1, 0.15) is 0 Å². The zero-order chi connectivity index (χ0) is 16.9. The Bertz CT molecular complexity index is 582. The van der Waals surface area contributed by atoms with Crippen LogP contribution in [-0.2, 0) is 15.7 Å². The predicted molar refractivity (Wildman–Crippen MR) is 79.9 cm³/mol. The number of likely N-dealkylation sites (tertiary alicyclic amines) is 1. The molecule has 1 N–H and O–H groups in total. The first-order valence-electron chi connectivity index (χ1n) is 7.35. The van der Waals surface area contributed by atoms with Crippen molar-refractivity contribution in [3.63, 3.8) is 0 Å². The van der Waals surface area contributed by atoms with E-state index in [1.807, 2.05) is 0 Å². The van der Waals surface area contributed by atoms with Gasteiger partial charge >= 0.3 is 12.1 Å². The Kier molecular flexibility index (Phi) is 5.46. The summed E-state index contributed by atoms with van der Waals surface area (Å²) in [6.07, 6.45) is -2.57. The predicted octanol–water partition coefficient (Wildman–Crippen LogP) is 3.09. The van der Waals surface area contributed by atoms with Gasteiger partial charge in [0, 0.05) is 13.1 Å². The van der Waals surface area contributed by atoms with Gasteiger partial charge in [-0.3, -0.25) is 5.43 Å². The lowest BCUT2D eigenvalue weighted by molar-refractivity contribution is -0.137. The van der Waals surface area contributed by atoms with Gasteiger partial charge < -0.3 is 9.64 Å². The molecular weight excluding hydrogens is 311 g/mol. The number of rotatable bonds is 3. The van der Waals surface area contributed by atoms with Crippen LogP contribution in [0.25, 0.3) is 0 Å². The molecule has 2 rings (SSSR count). The van der Waals surface area contributed by atoms with Crippen LogP contribution in [0, 0.1) is 0 Å². The Hall–Kier alpha value is -2.25. The Labute approximate surface area is 132 Å². The van der Waals surface area contributed by atoms with Crippen molar-refractivity contribution < 1.29 is 22.7 Å². The van der Waals surface area contributed by atoms with Crippen molar-refractivity contribution in [1.29, 1.82) is 0 Å². The number of nitrogens with one attached hydrogen (secondary N) is 1. The first kappa shape index (κ1) is 17.1. The van der Waals surface area contributed by atoms with Crippen LogP contribution in [0.1, 0.15) is 25.3 Å². The van der Waals surface area contributed by atoms with Crippen molar-refractivity contribution in [1.82, 2.24) is 4.90 Å². The van der Waals surface area contributed by atoms with Crippen molar-refractivity contribution in [2.24, 2.45) is 5.10 Å². The van der Waals surface area contributed by atoms with E-state index in [1.54, 1.807) is 11.8 Å². The summed E-state index contributed by atoms with van der Waals surface area (Å²) in [4.78, 5) is 13.7. The van der Waals surface area contributed by atoms with Gasteiger partial charge in [-0.05, 0) is 38.0 Å². The number of carbonyl (C=O) groups excluding carboxylic acids is 1. The molecule has 8 heteroatoms. The fraction of sp³-hybridized carbons (Fsp3) is 0.467. The molecule has 0 aliphatic carbocycles. The molecule has 0 bridgehead atoms. The highest BCUT2D eigenvalue weighted by atomic mass is 19.4. The van der Waals surface area contributed by atoms with E-state index >= 15 is 0 Å². The number of alkyl halides is 3. The highest BCUT2D eigenvalue weighted by Gasteiger charge is 2.30. The van der Waals surface area contributed by atoms with Crippen LogP contribution in [0.3, 0.4) is 0 Å². The molecular formula is C15H18F3N3O2. The fourth-order valence-electron chi connectivity index (χ4n) is 2.25. The third kappa shape index (κ3) is 4.61. The molecule has 0 spiro atoms. The van der Waals surface area contributed by atoms with Crippen LogP contribution in [-0.4, -0.2) is 36.4 Å². The molecule has 1 heterocycles. The van der Waals surface area contributed by atoms with Gasteiger partial charge in [0.2, 0.25) is 5.84 Å². The lowest BCUT2D eigenvalue weighted by atomic mass is 10.2. The average molecular weight is 329 g/mol. The molecule has 23 heavy (non-hydrogen) atoms. The van der Waals surface area contributed by atoms with Crippen molar-refractivity contribution in [2.45, 2.75) is 25.9 Å². The van der Waals surface area contributed by atoms with Crippen LogP contribution in [0.4, 0.5) is 18.9 Å². The maximum atomic E-state index is 12.7. The number of amidine groups is 1. The molecule has 1 aliphatic rings. The number of hydrazone groups is 1. The minimum absolute atomic E-state index is 0.0850. The van der Waals surface area contributed by atoms with E-state index < -0.39 is 17.7 Å². The van der Waals surface area contributed by atoms with E-state index in [9.17, 15) is 18.0 Å². The Morgan fingerprint density at radius 2 is 2.04 bits per heavy atom. The van der Waals surface area contributed by atoms with Crippen LogP contribution in [0.2, 0.25) is 0 Å². The van der Waals surface area contributed by atoms with E-state index in [0.717, 1.165) is 25.0 Å². The van der Waals surface area contributed by atoms with E-state index in [-0.39, 0.29) is 18.1 Å². The molecule has 0 saturated carbocycles. The molecule has 1 aliphatic heterocycles. The van der Waals surface area contributed by atoms with Gasteiger partial charge in [0.25, 0.3) is 0 Å². The van der Waals surface area contributed by atoms with Gasteiger partial charge in [0.15, 0.2) is 0 Å². The van der Waals surface area contributed by atoms with E-state index in [2.05, 4.69) is 10.5 Å². The number of hydrogen-bond acceptors (Lipinski definition) is 4. The summed E-state index contributed by atoms with van der Waals surface area (Å²) < 4.78 is 43.0. The first-order chi connectivity index (χ1) is 10.9. The summed E-state index contributed by atoms with van der Waals surface area (Å²) in [5.74, 6) is -0.504. The van der Waals surface area contributed by atoms with Gasteiger partial charge in [-0.25, -0.2) is 4.79 Å². The lowest BCUT2D eigenvalue weighted by Crippen LogP contribution is -2.36. The van der Waals surface area contributed by atoms with Gasteiger partial charge in [-0.15, -0.1) is 5.10 Å². The highest BCUT2D eigenvalue weighted by molar-refractivity contribution is 6.35. The Morgan fingerprint density at radius 3 is 2.65 bits per heavy atom.